The molecule has 5 heteroatoms. The fourth-order valence-corrected chi connectivity index (χ4v) is 3.99. The van der Waals surface area contributed by atoms with E-state index < -0.39 is 0 Å². The van der Waals surface area contributed by atoms with Crippen LogP contribution < -0.4 is 0 Å². The molecule has 1 amide bonds. The van der Waals surface area contributed by atoms with Crippen molar-refractivity contribution < 1.29 is 9.18 Å². The molecule has 1 atom stereocenters. The van der Waals surface area contributed by atoms with Crippen LogP contribution in [0.1, 0.15) is 51.6 Å². The van der Waals surface area contributed by atoms with E-state index in [1.165, 1.54) is 12.1 Å². The summed E-state index contributed by atoms with van der Waals surface area (Å²) in [6.45, 7) is 3.43. The molecule has 0 unspecified atom stereocenters. The van der Waals surface area contributed by atoms with Crippen molar-refractivity contribution in [1.29, 1.82) is 0 Å². The summed E-state index contributed by atoms with van der Waals surface area (Å²) in [7, 11) is 0. The van der Waals surface area contributed by atoms with Gasteiger partial charge in [0.1, 0.15) is 5.82 Å². The van der Waals surface area contributed by atoms with E-state index >= 15 is 0 Å². The molecule has 3 heterocycles. The van der Waals surface area contributed by atoms with Gasteiger partial charge in [-0.05, 0) is 73.7 Å². The maximum absolute atomic E-state index is 13.2. The van der Waals surface area contributed by atoms with E-state index in [1.54, 1.807) is 18.5 Å². The molecule has 2 aromatic heterocycles. The van der Waals surface area contributed by atoms with Gasteiger partial charge in [-0.2, -0.15) is 0 Å². The Balaban J connectivity index is 1.52. The molecule has 1 aromatic carbocycles. The number of carbonyl (C=O) groups is 1. The minimum atomic E-state index is -0.221. The number of nitrogens with zero attached hydrogens (tertiary/aromatic N) is 3. The highest BCUT2D eigenvalue weighted by molar-refractivity contribution is 5.94. The monoisotopic (exact) mass is 389 g/mol. The number of aryl methyl sites for hydroxylation is 1. The van der Waals surface area contributed by atoms with Gasteiger partial charge in [0.2, 0.25) is 0 Å². The average Bonchev–Trinajstić information content (AvgIpc) is 2.75. The van der Waals surface area contributed by atoms with Crippen LogP contribution in [0.2, 0.25) is 0 Å². The minimum absolute atomic E-state index is 0.0296. The van der Waals surface area contributed by atoms with E-state index in [4.69, 9.17) is 4.98 Å². The van der Waals surface area contributed by atoms with Crippen molar-refractivity contribution in [3.63, 3.8) is 0 Å². The normalized spacial score (nSPS) is 16.6. The van der Waals surface area contributed by atoms with Crippen molar-refractivity contribution in [2.24, 2.45) is 0 Å². The first kappa shape index (κ1) is 19.2. The highest BCUT2D eigenvalue weighted by Crippen LogP contribution is 2.28. The maximum Gasteiger partial charge on any atom is 0.255 e. The van der Waals surface area contributed by atoms with Crippen LogP contribution in [-0.4, -0.2) is 33.9 Å². The zero-order chi connectivity index (χ0) is 20.2. The Morgan fingerprint density at radius 2 is 2.00 bits per heavy atom. The number of pyridine rings is 2. The van der Waals surface area contributed by atoms with Crippen molar-refractivity contribution in [2.75, 3.05) is 13.1 Å². The van der Waals surface area contributed by atoms with E-state index in [-0.39, 0.29) is 17.6 Å². The van der Waals surface area contributed by atoms with Gasteiger partial charge < -0.3 is 4.90 Å². The number of benzene rings is 1. The summed E-state index contributed by atoms with van der Waals surface area (Å²) >= 11 is 0. The van der Waals surface area contributed by atoms with E-state index in [1.807, 2.05) is 30.0 Å². The highest BCUT2D eigenvalue weighted by atomic mass is 19.1. The smallest absolute Gasteiger partial charge is 0.255 e. The number of carbonyl (C=O) groups excluding carboxylic acids is 1. The summed E-state index contributed by atoms with van der Waals surface area (Å²) in [6.07, 6.45) is 6.01. The second-order valence-corrected chi connectivity index (χ2v) is 7.68. The lowest BCUT2D eigenvalue weighted by molar-refractivity contribution is 0.0705. The molecular weight excluding hydrogens is 365 g/mol. The number of halogens is 1. The van der Waals surface area contributed by atoms with Crippen LogP contribution in [0.5, 0.6) is 0 Å². The molecule has 1 saturated heterocycles. The third-order valence-corrected chi connectivity index (χ3v) is 5.39. The fraction of sp³-hybridized carbons (Fsp3) is 0.292. The third kappa shape index (κ3) is 4.67. The van der Waals surface area contributed by atoms with Crippen LogP contribution >= 0.6 is 0 Å². The summed E-state index contributed by atoms with van der Waals surface area (Å²) in [5.74, 6) is 0.0270. The zero-order valence-electron chi connectivity index (χ0n) is 16.5. The van der Waals surface area contributed by atoms with Crippen molar-refractivity contribution in [3.05, 3.63) is 94.8 Å². The molecule has 1 aliphatic heterocycles. The summed E-state index contributed by atoms with van der Waals surface area (Å²) in [5.41, 5.74) is 4.86. The third-order valence-electron chi connectivity index (χ3n) is 5.39. The molecule has 1 fully saturated rings. The molecule has 148 valence electrons. The number of rotatable bonds is 4. The van der Waals surface area contributed by atoms with Crippen LogP contribution in [-0.2, 0) is 6.42 Å². The molecule has 0 spiro atoms. The zero-order valence-corrected chi connectivity index (χ0v) is 16.5. The molecule has 29 heavy (non-hydrogen) atoms. The number of hydrogen-bond donors (Lipinski definition) is 0. The van der Waals surface area contributed by atoms with Gasteiger partial charge in [-0.15, -0.1) is 0 Å². The quantitative estimate of drug-likeness (QED) is 0.658. The first-order chi connectivity index (χ1) is 14.1. The van der Waals surface area contributed by atoms with Crippen LogP contribution in [0, 0.1) is 12.7 Å². The van der Waals surface area contributed by atoms with Gasteiger partial charge in [0.15, 0.2) is 0 Å². The predicted octanol–water partition coefficient (Wildman–Crippen LogP) is 4.53. The molecule has 0 bridgehead atoms. The highest BCUT2D eigenvalue weighted by Gasteiger charge is 2.26. The molecule has 0 saturated carbocycles. The van der Waals surface area contributed by atoms with Crippen molar-refractivity contribution in [3.8, 4) is 0 Å². The molecule has 4 rings (SSSR count). The second-order valence-electron chi connectivity index (χ2n) is 7.68. The lowest BCUT2D eigenvalue weighted by Crippen LogP contribution is -2.39. The number of amides is 1. The van der Waals surface area contributed by atoms with Crippen molar-refractivity contribution in [1.82, 2.24) is 14.9 Å². The van der Waals surface area contributed by atoms with E-state index in [9.17, 15) is 9.18 Å². The predicted molar refractivity (Wildman–Crippen MR) is 110 cm³/mol. The Bertz CT molecular complexity index is 989. The standard InChI is InChI=1S/C24H24FN3O/c1-17-12-19(13-18-6-8-22(25)9-7-18)14-23(27-17)21-5-3-11-28(16-21)24(29)20-4-2-10-26-15-20/h2,4,6-10,12,14-15,21H,3,5,11,13,16H2,1H3/t21-/m0/s1. The molecule has 0 aliphatic carbocycles. The second kappa shape index (κ2) is 8.52. The number of piperidine rings is 1. The Hall–Kier alpha value is -3.08. The summed E-state index contributed by atoms with van der Waals surface area (Å²) in [4.78, 5) is 23.6. The first-order valence-electron chi connectivity index (χ1n) is 10.00. The van der Waals surface area contributed by atoms with Gasteiger partial charge in [-0.25, -0.2) is 4.39 Å². The number of aromatic nitrogens is 2. The SMILES string of the molecule is Cc1cc(Cc2ccc(F)cc2)cc([C@H]2CCCN(C(=O)c3cccnc3)C2)n1. The van der Waals surface area contributed by atoms with Crippen LogP contribution in [0.3, 0.4) is 0 Å². The summed E-state index contributed by atoms with van der Waals surface area (Å²) in [5, 5.41) is 0. The fourth-order valence-electron chi connectivity index (χ4n) is 3.99. The van der Waals surface area contributed by atoms with Crippen molar-refractivity contribution >= 4 is 5.91 Å². The van der Waals surface area contributed by atoms with Gasteiger partial charge in [0.05, 0.1) is 5.56 Å². The summed E-state index contributed by atoms with van der Waals surface area (Å²) < 4.78 is 13.2. The Kier molecular flexibility index (Phi) is 5.65. The lowest BCUT2D eigenvalue weighted by atomic mass is 9.92. The van der Waals surface area contributed by atoms with Crippen LogP contribution in [0.15, 0.2) is 60.9 Å². The van der Waals surface area contributed by atoms with E-state index in [0.717, 1.165) is 48.3 Å². The largest absolute Gasteiger partial charge is 0.338 e. The van der Waals surface area contributed by atoms with Gasteiger partial charge in [-0.1, -0.05) is 12.1 Å². The van der Waals surface area contributed by atoms with E-state index in [0.29, 0.717) is 12.1 Å². The van der Waals surface area contributed by atoms with Gasteiger partial charge in [0.25, 0.3) is 5.91 Å². The maximum atomic E-state index is 13.2. The molecule has 0 N–H and O–H groups in total. The van der Waals surface area contributed by atoms with Gasteiger partial charge in [-0.3, -0.25) is 14.8 Å². The van der Waals surface area contributed by atoms with Gasteiger partial charge >= 0.3 is 0 Å². The van der Waals surface area contributed by atoms with Crippen LogP contribution in [0.4, 0.5) is 4.39 Å². The van der Waals surface area contributed by atoms with Gasteiger partial charge in [0, 0.05) is 42.8 Å². The molecular formula is C24H24FN3O. The Morgan fingerprint density at radius 1 is 1.17 bits per heavy atom. The molecule has 1 aliphatic rings. The van der Waals surface area contributed by atoms with Crippen molar-refractivity contribution in [2.45, 2.75) is 32.1 Å². The van der Waals surface area contributed by atoms with E-state index in [2.05, 4.69) is 17.1 Å². The average molecular weight is 389 g/mol. The Morgan fingerprint density at radius 3 is 2.76 bits per heavy atom. The molecule has 4 nitrogen and oxygen atoms in total. The molecule has 3 aromatic rings. The lowest BCUT2D eigenvalue weighted by Gasteiger charge is -2.32. The first-order valence-corrected chi connectivity index (χ1v) is 10.00. The van der Waals surface area contributed by atoms with Crippen LogP contribution in [0.25, 0.3) is 0 Å². The summed E-state index contributed by atoms with van der Waals surface area (Å²) in [6, 6.07) is 14.4. The topological polar surface area (TPSA) is 46.1 Å². The minimum Gasteiger partial charge on any atom is -0.338 e. The number of hydrogen-bond acceptors (Lipinski definition) is 3. The number of likely N-dealkylation sites (tertiary alicyclic amines) is 1. The molecule has 0 radical (unpaired) electrons. The Labute approximate surface area is 170 Å².